The Labute approximate surface area is 127 Å². The largest absolute Gasteiger partial charge is 0.396 e. The molecular formula is C17H27NO3. The fourth-order valence-electron chi connectivity index (χ4n) is 2.75. The van der Waals surface area contributed by atoms with Crippen molar-refractivity contribution in [2.75, 3.05) is 33.4 Å². The Hall–Kier alpha value is -0.940. The van der Waals surface area contributed by atoms with Gasteiger partial charge in [0.15, 0.2) is 5.79 Å². The molecule has 1 aliphatic heterocycles. The molecule has 1 aromatic carbocycles. The van der Waals surface area contributed by atoms with E-state index in [2.05, 4.69) is 36.2 Å². The Morgan fingerprint density at radius 1 is 1.10 bits per heavy atom. The van der Waals surface area contributed by atoms with Crippen LogP contribution in [0.3, 0.4) is 0 Å². The molecular weight excluding hydrogens is 266 g/mol. The maximum atomic E-state index is 8.92. The molecule has 0 bridgehead atoms. The van der Waals surface area contributed by atoms with Gasteiger partial charge in [0, 0.05) is 32.5 Å². The topological polar surface area (TPSA) is 41.9 Å². The highest BCUT2D eigenvalue weighted by Gasteiger charge is 2.35. The van der Waals surface area contributed by atoms with Gasteiger partial charge in [0.2, 0.25) is 0 Å². The third-order valence-electron chi connectivity index (χ3n) is 3.95. The highest BCUT2D eigenvalue weighted by Crippen LogP contribution is 2.29. The summed E-state index contributed by atoms with van der Waals surface area (Å²) in [5.41, 5.74) is 1.32. The first kappa shape index (κ1) is 16.4. The van der Waals surface area contributed by atoms with Crippen molar-refractivity contribution in [1.82, 2.24) is 4.90 Å². The lowest BCUT2D eigenvalue weighted by Gasteiger charge is -2.29. The zero-order chi connectivity index (χ0) is 15.0. The fraction of sp³-hybridized carbons (Fsp3) is 0.647. The molecule has 1 aliphatic rings. The Kier molecular flexibility index (Phi) is 6.64. The monoisotopic (exact) mass is 293 g/mol. The van der Waals surface area contributed by atoms with E-state index in [1.807, 2.05) is 6.07 Å². The number of rotatable bonds is 9. The van der Waals surface area contributed by atoms with E-state index >= 15 is 0 Å². The Morgan fingerprint density at radius 2 is 1.81 bits per heavy atom. The Bertz CT molecular complexity index is 390. The molecule has 4 nitrogen and oxygen atoms in total. The van der Waals surface area contributed by atoms with Gasteiger partial charge >= 0.3 is 0 Å². The number of hydrogen-bond acceptors (Lipinski definition) is 4. The minimum absolute atomic E-state index is 0.240. The van der Waals surface area contributed by atoms with Crippen LogP contribution in [0.5, 0.6) is 0 Å². The molecule has 0 spiro atoms. The Balaban J connectivity index is 1.78. The summed E-state index contributed by atoms with van der Waals surface area (Å²) in [5, 5.41) is 8.92. The number of nitrogens with zero attached hydrogens (tertiary/aromatic N) is 1. The zero-order valence-electron chi connectivity index (χ0n) is 13.0. The molecule has 1 heterocycles. The van der Waals surface area contributed by atoms with E-state index in [4.69, 9.17) is 14.6 Å². The van der Waals surface area contributed by atoms with Crippen LogP contribution in [-0.2, 0) is 16.0 Å². The van der Waals surface area contributed by atoms with Gasteiger partial charge in [-0.05, 0) is 25.5 Å². The molecule has 1 N–H and O–H groups in total. The number of aliphatic hydroxyl groups is 1. The van der Waals surface area contributed by atoms with Gasteiger partial charge in [0.05, 0.1) is 13.2 Å². The van der Waals surface area contributed by atoms with Crippen LogP contribution in [0, 0.1) is 0 Å². The van der Waals surface area contributed by atoms with Crippen LogP contribution in [-0.4, -0.2) is 49.2 Å². The summed E-state index contributed by atoms with van der Waals surface area (Å²) >= 11 is 0. The van der Waals surface area contributed by atoms with Gasteiger partial charge in [-0.2, -0.15) is 0 Å². The fourth-order valence-corrected chi connectivity index (χ4v) is 2.75. The predicted molar refractivity (Wildman–Crippen MR) is 83.0 cm³/mol. The third-order valence-corrected chi connectivity index (χ3v) is 3.95. The molecule has 4 heteroatoms. The summed E-state index contributed by atoms with van der Waals surface area (Å²) in [7, 11) is 2.13. The first-order valence-corrected chi connectivity index (χ1v) is 7.85. The first-order valence-electron chi connectivity index (χ1n) is 7.85. The van der Waals surface area contributed by atoms with Gasteiger partial charge < -0.3 is 19.5 Å². The normalized spacial score (nSPS) is 17.5. The van der Waals surface area contributed by atoms with Crippen molar-refractivity contribution >= 4 is 0 Å². The molecule has 2 rings (SSSR count). The third kappa shape index (κ3) is 5.40. The summed E-state index contributed by atoms with van der Waals surface area (Å²) in [6.45, 7) is 3.48. The second-order valence-electron chi connectivity index (χ2n) is 5.76. The minimum Gasteiger partial charge on any atom is -0.396 e. The van der Waals surface area contributed by atoms with Crippen molar-refractivity contribution in [3.63, 3.8) is 0 Å². The average molecular weight is 293 g/mol. The standard InChI is InChI=1S/C17H27NO3/c1-18(15-16-7-3-2-4-8-16)11-10-17(9-5-6-12-19)20-13-14-21-17/h2-4,7-8,19H,5-6,9-15H2,1H3. The number of unbranched alkanes of at least 4 members (excludes halogenated alkanes) is 1. The molecule has 1 saturated heterocycles. The van der Waals surface area contributed by atoms with Crippen molar-refractivity contribution < 1.29 is 14.6 Å². The summed E-state index contributed by atoms with van der Waals surface area (Å²) in [4.78, 5) is 2.30. The van der Waals surface area contributed by atoms with Crippen molar-refractivity contribution in [2.45, 2.75) is 38.0 Å². The predicted octanol–water partition coefficient (Wildman–Crippen LogP) is 2.41. The smallest absolute Gasteiger partial charge is 0.169 e. The van der Waals surface area contributed by atoms with Crippen LogP contribution in [0.1, 0.15) is 31.2 Å². The highest BCUT2D eigenvalue weighted by atomic mass is 16.7. The van der Waals surface area contributed by atoms with Crippen molar-refractivity contribution in [1.29, 1.82) is 0 Å². The van der Waals surface area contributed by atoms with Crippen LogP contribution in [0.15, 0.2) is 30.3 Å². The molecule has 0 atom stereocenters. The molecule has 0 aromatic heterocycles. The van der Waals surface area contributed by atoms with Crippen LogP contribution >= 0.6 is 0 Å². The molecule has 0 amide bonds. The number of benzene rings is 1. The van der Waals surface area contributed by atoms with E-state index in [9.17, 15) is 0 Å². The zero-order valence-corrected chi connectivity index (χ0v) is 13.0. The van der Waals surface area contributed by atoms with Crippen LogP contribution < -0.4 is 0 Å². The SMILES string of the molecule is CN(CCC1(CCCCO)OCCO1)Cc1ccccc1. The lowest BCUT2D eigenvalue weighted by Crippen LogP contribution is -2.35. The van der Waals surface area contributed by atoms with E-state index in [0.29, 0.717) is 13.2 Å². The lowest BCUT2D eigenvalue weighted by atomic mass is 10.0. The maximum absolute atomic E-state index is 8.92. The van der Waals surface area contributed by atoms with Crippen LogP contribution in [0.25, 0.3) is 0 Å². The summed E-state index contributed by atoms with van der Waals surface area (Å²) in [6, 6.07) is 10.5. The molecule has 0 aliphatic carbocycles. The molecule has 21 heavy (non-hydrogen) atoms. The minimum atomic E-state index is -0.430. The number of aliphatic hydroxyl groups excluding tert-OH is 1. The van der Waals surface area contributed by atoms with E-state index in [1.54, 1.807) is 0 Å². The van der Waals surface area contributed by atoms with E-state index in [1.165, 1.54) is 5.56 Å². The molecule has 1 fully saturated rings. The molecule has 0 unspecified atom stereocenters. The second-order valence-corrected chi connectivity index (χ2v) is 5.76. The highest BCUT2D eigenvalue weighted by molar-refractivity contribution is 5.14. The molecule has 1 aromatic rings. The quantitative estimate of drug-likeness (QED) is 0.710. The van der Waals surface area contributed by atoms with Gasteiger partial charge in [-0.25, -0.2) is 0 Å². The number of ether oxygens (including phenoxy) is 2. The van der Waals surface area contributed by atoms with E-state index in [0.717, 1.165) is 38.8 Å². The molecule has 0 saturated carbocycles. The summed E-state index contributed by atoms with van der Waals surface area (Å²) < 4.78 is 11.7. The average Bonchev–Trinajstić information content (AvgIpc) is 2.96. The summed E-state index contributed by atoms with van der Waals surface area (Å²) in [6.07, 6.45) is 3.50. The number of hydrogen-bond donors (Lipinski definition) is 1. The van der Waals surface area contributed by atoms with Crippen molar-refractivity contribution in [3.8, 4) is 0 Å². The molecule has 0 radical (unpaired) electrons. The lowest BCUT2D eigenvalue weighted by molar-refractivity contribution is -0.170. The molecule has 118 valence electrons. The van der Waals surface area contributed by atoms with Gasteiger partial charge in [-0.3, -0.25) is 0 Å². The van der Waals surface area contributed by atoms with Gasteiger partial charge in [0.25, 0.3) is 0 Å². The van der Waals surface area contributed by atoms with E-state index < -0.39 is 5.79 Å². The summed E-state index contributed by atoms with van der Waals surface area (Å²) in [5.74, 6) is -0.430. The van der Waals surface area contributed by atoms with Gasteiger partial charge in [-0.15, -0.1) is 0 Å². The van der Waals surface area contributed by atoms with E-state index in [-0.39, 0.29) is 6.61 Å². The van der Waals surface area contributed by atoms with Crippen molar-refractivity contribution in [2.24, 2.45) is 0 Å². The van der Waals surface area contributed by atoms with Crippen LogP contribution in [0.2, 0.25) is 0 Å². The Morgan fingerprint density at radius 3 is 2.48 bits per heavy atom. The van der Waals surface area contributed by atoms with Crippen LogP contribution in [0.4, 0.5) is 0 Å². The van der Waals surface area contributed by atoms with Crippen molar-refractivity contribution in [3.05, 3.63) is 35.9 Å². The van der Waals surface area contributed by atoms with Gasteiger partial charge in [-0.1, -0.05) is 30.3 Å². The van der Waals surface area contributed by atoms with Gasteiger partial charge in [0.1, 0.15) is 0 Å². The second kappa shape index (κ2) is 8.49. The first-order chi connectivity index (χ1) is 10.2. The maximum Gasteiger partial charge on any atom is 0.169 e.